The van der Waals surface area contributed by atoms with Gasteiger partial charge in [-0.1, -0.05) is 42.8 Å². The van der Waals surface area contributed by atoms with Gasteiger partial charge in [0.15, 0.2) is 5.78 Å². The average molecular weight is 488 g/mol. The molecule has 2 aliphatic rings. The van der Waals surface area contributed by atoms with E-state index >= 15 is 0 Å². The van der Waals surface area contributed by atoms with Gasteiger partial charge in [0.25, 0.3) is 0 Å². The summed E-state index contributed by atoms with van der Waals surface area (Å²) in [7, 11) is 0. The molecule has 0 saturated carbocycles. The lowest BCUT2D eigenvalue weighted by Gasteiger charge is -2.36. The Morgan fingerprint density at radius 1 is 1.25 bits per heavy atom. The Bertz CT molecular complexity index is 1070. The van der Waals surface area contributed by atoms with Crippen LogP contribution in [0.4, 0.5) is 0 Å². The number of esters is 1. The first kappa shape index (κ1) is 23.1. The van der Waals surface area contributed by atoms with E-state index in [1.54, 1.807) is 23.1 Å². The van der Waals surface area contributed by atoms with Crippen LogP contribution < -0.4 is 5.32 Å². The van der Waals surface area contributed by atoms with Gasteiger partial charge in [-0.25, -0.2) is 4.79 Å². The van der Waals surface area contributed by atoms with Gasteiger partial charge in [0, 0.05) is 39.0 Å². The predicted octanol–water partition coefficient (Wildman–Crippen LogP) is 6.06. The molecule has 1 aliphatic heterocycles. The number of nitrogens with one attached hydrogen (secondary N) is 1. The molecule has 0 radical (unpaired) electrons. The highest BCUT2D eigenvalue weighted by Crippen LogP contribution is 2.47. The normalized spacial score (nSPS) is 20.8. The van der Waals surface area contributed by atoms with Crippen LogP contribution >= 0.6 is 34.7 Å². The molecule has 2 unspecified atom stereocenters. The maximum atomic E-state index is 13.5. The molecular formula is C25H26ClNO3S2. The summed E-state index contributed by atoms with van der Waals surface area (Å²) in [6, 6.07) is 11.7. The molecule has 0 bridgehead atoms. The number of ether oxygens (including phenoxy) is 1. The smallest absolute Gasteiger partial charge is 0.336 e. The molecular weight excluding hydrogens is 462 g/mol. The third kappa shape index (κ3) is 4.68. The van der Waals surface area contributed by atoms with Crippen molar-refractivity contribution in [3.05, 3.63) is 79.8 Å². The zero-order valence-electron chi connectivity index (χ0n) is 18.2. The van der Waals surface area contributed by atoms with Gasteiger partial charge < -0.3 is 10.1 Å². The first-order chi connectivity index (χ1) is 15.5. The lowest BCUT2D eigenvalue weighted by Crippen LogP contribution is -2.36. The molecule has 0 saturated heterocycles. The highest BCUT2D eigenvalue weighted by atomic mass is 35.5. The van der Waals surface area contributed by atoms with E-state index in [1.165, 1.54) is 0 Å². The van der Waals surface area contributed by atoms with Crippen LogP contribution in [0.1, 0.15) is 49.0 Å². The number of hydrogen-bond acceptors (Lipinski definition) is 6. The number of Topliss-reactive ketones (excluding diaryl/α,β-unsaturated/α-hetero) is 1. The van der Waals surface area contributed by atoms with E-state index in [1.807, 2.05) is 48.7 Å². The molecule has 1 aromatic carbocycles. The molecule has 2 heterocycles. The maximum Gasteiger partial charge on any atom is 0.336 e. The van der Waals surface area contributed by atoms with Crippen molar-refractivity contribution >= 4 is 46.5 Å². The Kier molecular flexibility index (Phi) is 7.44. The molecule has 7 heteroatoms. The second kappa shape index (κ2) is 10.3. The second-order valence-electron chi connectivity index (χ2n) is 7.89. The van der Waals surface area contributed by atoms with Gasteiger partial charge in [0.1, 0.15) is 6.61 Å². The largest absolute Gasteiger partial charge is 0.461 e. The van der Waals surface area contributed by atoms with E-state index in [0.717, 1.165) is 33.3 Å². The van der Waals surface area contributed by atoms with Crippen molar-refractivity contribution in [1.82, 2.24) is 5.32 Å². The molecule has 4 nitrogen and oxygen atoms in total. The molecule has 4 rings (SSSR count). The highest BCUT2D eigenvalue weighted by molar-refractivity contribution is 7.99. The summed E-state index contributed by atoms with van der Waals surface area (Å²) in [5, 5.41) is 6.05. The van der Waals surface area contributed by atoms with Crippen molar-refractivity contribution in [3.8, 4) is 0 Å². The highest BCUT2D eigenvalue weighted by Gasteiger charge is 2.42. The number of dihydropyridines is 1. The van der Waals surface area contributed by atoms with Crippen molar-refractivity contribution in [2.24, 2.45) is 0 Å². The Morgan fingerprint density at radius 3 is 2.78 bits per heavy atom. The minimum Gasteiger partial charge on any atom is -0.461 e. The molecule has 2 atom stereocenters. The van der Waals surface area contributed by atoms with Crippen LogP contribution in [0, 0.1) is 0 Å². The summed E-state index contributed by atoms with van der Waals surface area (Å²) >= 11 is 9.73. The van der Waals surface area contributed by atoms with E-state index in [2.05, 4.69) is 12.2 Å². The minimum absolute atomic E-state index is 0.0128. The molecule has 0 fully saturated rings. The minimum atomic E-state index is -0.391. The lowest BCUT2D eigenvalue weighted by atomic mass is 9.73. The number of thioether (sulfide) groups is 1. The van der Waals surface area contributed by atoms with E-state index in [0.29, 0.717) is 35.6 Å². The van der Waals surface area contributed by atoms with Crippen molar-refractivity contribution < 1.29 is 14.3 Å². The third-order valence-corrected chi connectivity index (χ3v) is 8.03. The zero-order valence-corrected chi connectivity index (χ0v) is 20.5. The number of allylic oxidation sites excluding steroid dienone is 3. The predicted molar refractivity (Wildman–Crippen MR) is 132 cm³/mol. The van der Waals surface area contributed by atoms with E-state index in [9.17, 15) is 9.59 Å². The number of ketones is 1. The number of benzene rings is 1. The van der Waals surface area contributed by atoms with E-state index in [4.69, 9.17) is 16.3 Å². The molecule has 32 heavy (non-hydrogen) atoms. The number of halogens is 1. The molecule has 1 aliphatic carbocycles. The van der Waals surface area contributed by atoms with Crippen LogP contribution in [0.2, 0.25) is 5.02 Å². The van der Waals surface area contributed by atoms with Gasteiger partial charge in [-0.15, -0.1) is 11.3 Å². The van der Waals surface area contributed by atoms with Crippen LogP contribution in [-0.4, -0.2) is 29.9 Å². The van der Waals surface area contributed by atoms with E-state index in [-0.39, 0.29) is 17.7 Å². The Hall–Kier alpha value is -2.02. The van der Waals surface area contributed by atoms with Crippen LogP contribution in [0.15, 0.2) is 64.3 Å². The van der Waals surface area contributed by atoms with Crippen LogP contribution in [0.3, 0.4) is 0 Å². The van der Waals surface area contributed by atoms with Gasteiger partial charge in [-0.2, -0.15) is 11.8 Å². The lowest BCUT2D eigenvalue weighted by molar-refractivity contribution is -0.138. The van der Waals surface area contributed by atoms with Crippen molar-refractivity contribution in [3.63, 3.8) is 0 Å². The number of thiophene rings is 1. The van der Waals surface area contributed by atoms with Gasteiger partial charge >= 0.3 is 5.97 Å². The molecule has 0 amide bonds. The molecule has 168 valence electrons. The fourth-order valence-electron chi connectivity index (χ4n) is 4.49. The van der Waals surface area contributed by atoms with Gasteiger partial charge in [0.05, 0.1) is 11.5 Å². The summed E-state index contributed by atoms with van der Waals surface area (Å²) in [6.07, 6.45) is 1.06. The average Bonchev–Trinajstić information content (AvgIpc) is 3.30. The SMILES string of the molecule is CCSCCOC(=O)C1=C(C)NC2=C(C(=O)CC(c3ccccc3Cl)C2)C1c1cccs1. The van der Waals surface area contributed by atoms with Gasteiger partial charge in [-0.3, -0.25) is 4.79 Å². The first-order valence-electron chi connectivity index (χ1n) is 10.8. The number of hydrogen-bond donors (Lipinski definition) is 1. The topological polar surface area (TPSA) is 55.4 Å². The molecule has 1 N–H and O–H groups in total. The first-order valence-corrected chi connectivity index (χ1v) is 13.2. The van der Waals surface area contributed by atoms with Crippen LogP contribution in [0.25, 0.3) is 0 Å². The Morgan fingerprint density at radius 2 is 2.06 bits per heavy atom. The summed E-state index contributed by atoms with van der Waals surface area (Å²) in [4.78, 5) is 27.6. The van der Waals surface area contributed by atoms with E-state index < -0.39 is 5.92 Å². The summed E-state index contributed by atoms with van der Waals surface area (Å²) in [6.45, 7) is 4.33. The number of rotatable bonds is 7. The van der Waals surface area contributed by atoms with Crippen LogP contribution in [-0.2, 0) is 14.3 Å². The Labute approximate surface area is 202 Å². The van der Waals surface area contributed by atoms with Crippen LogP contribution in [0.5, 0.6) is 0 Å². The van der Waals surface area contributed by atoms with Crippen molar-refractivity contribution in [2.45, 2.75) is 38.5 Å². The van der Waals surface area contributed by atoms with Gasteiger partial charge in [0.2, 0.25) is 0 Å². The summed E-state index contributed by atoms with van der Waals surface area (Å²) in [5.74, 6) is 1.07. The Balaban J connectivity index is 1.68. The molecule has 2 aromatic rings. The van der Waals surface area contributed by atoms with Crippen molar-refractivity contribution in [2.75, 3.05) is 18.1 Å². The fraction of sp³-hybridized carbons (Fsp3) is 0.360. The fourth-order valence-corrected chi connectivity index (χ4v) is 6.11. The number of carbonyl (C=O) groups excluding carboxylic acids is 2. The van der Waals surface area contributed by atoms with Crippen molar-refractivity contribution in [1.29, 1.82) is 0 Å². The monoisotopic (exact) mass is 487 g/mol. The quantitative estimate of drug-likeness (QED) is 0.380. The third-order valence-electron chi connectivity index (χ3n) is 5.89. The number of carbonyl (C=O) groups is 2. The molecule has 0 spiro atoms. The standard InChI is InChI=1S/C25H26ClNO3S2/c1-3-31-12-10-30-25(29)22-15(2)27-19-13-16(17-7-4-5-8-18(17)26)14-20(28)23(19)24(22)21-9-6-11-32-21/h4-9,11,16,24,27H,3,10,12-14H2,1-2H3. The maximum absolute atomic E-state index is 13.5. The summed E-state index contributed by atoms with van der Waals surface area (Å²) < 4.78 is 5.60. The van der Waals surface area contributed by atoms with Gasteiger partial charge in [-0.05, 0) is 48.1 Å². The second-order valence-corrected chi connectivity index (χ2v) is 10.7. The summed E-state index contributed by atoms with van der Waals surface area (Å²) in [5.41, 5.74) is 3.86. The molecule has 1 aromatic heterocycles. The zero-order chi connectivity index (χ0) is 22.7.